The number of carbonyl (C=O) groups excluding carboxylic acids is 1. The van der Waals surface area contributed by atoms with Gasteiger partial charge in [-0.05, 0) is 49.6 Å². The summed E-state index contributed by atoms with van der Waals surface area (Å²) in [6.07, 6.45) is 2.16. The zero-order valence-corrected chi connectivity index (χ0v) is 11.6. The molecule has 20 heavy (non-hydrogen) atoms. The summed E-state index contributed by atoms with van der Waals surface area (Å²) in [7, 11) is 0. The molecule has 1 fully saturated rings. The van der Waals surface area contributed by atoms with E-state index in [2.05, 4.69) is 0 Å². The molecule has 110 valence electrons. The second-order valence-electron chi connectivity index (χ2n) is 5.14. The van der Waals surface area contributed by atoms with Gasteiger partial charge in [-0.2, -0.15) is 0 Å². The minimum Gasteiger partial charge on any atom is -0.494 e. The summed E-state index contributed by atoms with van der Waals surface area (Å²) in [5.41, 5.74) is 5.61. The number of ether oxygens (including phenoxy) is 1. The molecule has 1 aromatic rings. The number of hydrogen-bond acceptors (Lipinski definition) is 3. The van der Waals surface area contributed by atoms with Crippen molar-refractivity contribution in [3.8, 4) is 5.75 Å². The Balaban J connectivity index is 1.63. The first kappa shape index (κ1) is 14.8. The highest BCUT2D eigenvalue weighted by molar-refractivity contribution is 5.76. The normalized spacial score (nSPS) is 18.3. The molecular weight excluding hydrogens is 259 g/mol. The molecule has 1 saturated heterocycles. The Morgan fingerprint density at radius 2 is 2.15 bits per heavy atom. The van der Waals surface area contributed by atoms with E-state index in [-0.39, 0.29) is 11.7 Å². The number of likely N-dealkylation sites (tertiary alicyclic amines) is 1. The standard InChI is InChI=1S/C15H21FN2O2/c16-13-3-5-14(6-4-13)20-9-1-2-15(19)18-8-7-12(10-17)11-18/h3-6,12H,1-2,7-11,17H2. The molecule has 0 bridgehead atoms. The van der Waals surface area contributed by atoms with Crippen LogP contribution in [0.25, 0.3) is 0 Å². The quantitative estimate of drug-likeness (QED) is 0.808. The van der Waals surface area contributed by atoms with E-state index in [0.29, 0.717) is 37.7 Å². The first-order chi connectivity index (χ1) is 9.69. The Hall–Kier alpha value is -1.62. The predicted octanol–water partition coefficient (Wildman–Crippen LogP) is 1.79. The van der Waals surface area contributed by atoms with Crippen LogP contribution < -0.4 is 10.5 Å². The minimum atomic E-state index is -0.281. The molecule has 1 aliphatic rings. The van der Waals surface area contributed by atoms with Crippen LogP contribution in [0.4, 0.5) is 4.39 Å². The topological polar surface area (TPSA) is 55.6 Å². The third-order valence-electron chi connectivity index (χ3n) is 3.59. The van der Waals surface area contributed by atoms with E-state index in [1.165, 1.54) is 12.1 Å². The van der Waals surface area contributed by atoms with Crippen molar-refractivity contribution in [1.82, 2.24) is 4.90 Å². The molecule has 0 aliphatic carbocycles. The molecular formula is C15H21FN2O2. The average Bonchev–Trinajstić information content (AvgIpc) is 2.94. The van der Waals surface area contributed by atoms with Crippen molar-refractivity contribution < 1.29 is 13.9 Å². The largest absolute Gasteiger partial charge is 0.494 e. The second-order valence-corrected chi connectivity index (χ2v) is 5.14. The Morgan fingerprint density at radius 3 is 2.80 bits per heavy atom. The van der Waals surface area contributed by atoms with E-state index in [4.69, 9.17) is 10.5 Å². The summed E-state index contributed by atoms with van der Waals surface area (Å²) in [5, 5.41) is 0. The summed E-state index contributed by atoms with van der Waals surface area (Å²) in [5.74, 6) is 0.970. The number of nitrogens with zero attached hydrogens (tertiary/aromatic N) is 1. The first-order valence-electron chi connectivity index (χ1n) is 7.05. The molecule has 2 rings (SSSR count). The van der Waals surface area contributed by atoms with Gasteiger partial charge in [-0.15, -0.1) is 0 Å². The van der Waals surface area contributed by atoms with Gasteiger partial charge in [0.05, 0.1) is 6.61 Å². The molecule has 1 aromatic carbocycles. The fraction of sp³-hybridized carbons (Fsp3) is 0.533. The molecule has 5 heteroatoms. The molecule has 1 amide bonds. The van der Waals surface area contributed by atoms with Crippen molar-refractivity contribution in [3.05, 3.63) is 30.1 Å². The maximum Gasteiger partial charge on any atom is 0.222 e. The molecule has 2 N–H and O–H groups in total. The van der Waals surface area contributed by atoms with Crippen LogP contribution in [0.5, 0.6) is 5.75 Å². The van der Waals surface area contributed by atoms with Gasteiger partial charge in [0.15, 0.2) is 0 Å². The smallest absolute Gasteiger partial charge is 0.222 e. The third-order valence-corrected chi connectivity index (χ3v) is 3.59. The zero-order chi connectivity index (χ0) is 14.4. The number of amides is 1. The van der Waals surface area contributed by atoms with Gasteiger partial charge in [0.25, 0.3) is 0 Å². The number of halogens is 1. The molecule has 1 heterocycles. The van der Waals surface area contributed by atoms with Gasteiger partial charge in [0, 0.05) is 19.5 Å². The summed E-state index contributed by atoms with van der Waals surface area (Å²) in [4.78, 5) is 13.8. The third kappa shape index (κ3) is 4.20. The summed E-state index contributed by atoms with van der Waals surface area (Å²) >= 11 is 0. The van der Waals surface area contributed by atoms with Gasteiger partial charge >= 0.3 is 0 Å². The van der Waals surface area contributed by atoms with Crippen molar-refractivity contribution in [3.63, 3.8) is 0 Å². The molecule has 1 atom stereocenters. The van der Waals surface area contributed by atoms with Crippen molar-refractivity contribution >= 4 is 5.91 Å². The van der Waals surface area contributed by atoms with E-state index < -0.39 is 0 Å². The Kier molecular flexibility index (Phi) is 5.35. The number of rotatable bonds is 6. The molecule has 0 saturated carbocycles. The van der Waals surface area contributed by atoms with E-state index in [1.54, 1.807) is 12.1 Å². The first-order valence-corrected chi connectivity index (χ1v) is 7.05. The van der Waals surface area contributed by atoms with E-state index in [1.807, 2.05) is 4.90 Å². The number of hydrogen-bond donors (Lipinski definition) is 1. The summed E-state index contributed by atoms with van der Waals surface area (Å²) < 4.78 is 18.2. The number of carbonyl (C=O) groups is 1. The molecule has 0 radical (unpaired) electrons. The summed E-state index contributed by atoms with van der Waals surface area (Å²) in [6, 6.07) is 5.89. The van der Waals surface area contributed by atoms with Crippen LogP contribution >= 0.6 is 0 Å². The number of nitrogens with two attached hydrogens (primary N) is 1. The monoisotopic (exact) mass is 280 g/mol. The van der Waals surface area contributed by atoms with Gasteiger partial charge in [-0.3, -0.25) is 4.79 Å². The Bertz CT molecular complexity index is 436. The predicted molar refractivity (Wildman–Crippen MR) is 74.9 cm³/mol. The van der Waals surface area contributed by atoms with Crippen molar-refractivity contribution in [1.29, 1.82) is 0 Å². The fourth-order valence-corrected chi connectivity index (χ4v) is 2.35. The second kappa shape index (κ2) is 7.24. The van der Waals surface area contributed by atoms with E-state index in [9.17, 15) is 9.18 Å². The lowest BCUT2D eigenvalue weighted by molar-refractivity contribution is -0.130. The lowest BCUT2D eigenvalue weighted by Gasteiger charge is -2.16. The molecule has 4 nitrogen and oxygen atoms in total. The van der Waals surface area contributed by atoms with Gasteiger partial charge in [-0.1, -0.05) is 0 Å². The van der Waals surface area contributed by atoms with Crippen molar-refractivity contribution in [2.45, 2.75) is 19.3 Å². The van der Waals surface area contributed by atoms with Gasteiger partial charge in [0.1, 0.15) is 11.6 Å². The minimum absolute atomic E-state index is 0.170. The molecule has 1 unspecified atom stereocenters. The molecule has 0 aromatic heterocycles. The lowest BCUT2D eigenvalue weighted by Crippen LogP contribution is -2.29. The van der Waals surface area contributed by atoms with E-state index in [0.717, 1.165) is 19.5 Å². The Labute approximate surface area is 118 Å². The van der Waals surface area contributed by atoms with Crippen LogP contribution in [0.2, 0.25) is 0 Å². The van der Waals surface area contributed by atoms with E-state index >= 15 is 0 Å². The van der Waals surface area contributed by atoms with Gasteiger partial charge in [-0.25, -0.2) is 4.39 Å². The van der Waals surface area contributed by atoms with Crippen LogP contribution in [0, 0.1) is 11.7 Å². The fourth-order valence-electron chi connectivity index (χ4n) is 2.35. The van der Waals surface area contributed by atoms with Crippen molar-refractivity contribution in [2.24, 2.45) is 11.7 Å². The highest BCUT2D eigenvalue weighted by atomic mass is 19.1. The lowest BCUT2D eigenvalue weighted by atomic mass is 10.1. The maximum atomic E-state index is 12.7. The van der Waals surface area contributed by atoms with Crippen molar-refractivity contribution in [2.75, 3.05) is 26.2 Å². The van der Waals surface area contributed by atoms with Gasteiger partial charge in [0.2, 0.25) is 5.91 Å². The van der Waals surface area contributed by atoms with Crippen LogP contribution in [-0.4, -0.2) is 37.0 Å². The van der Waals surface area contributed by atoms with Crippen LogP contribution in [0.1, 0.15) is 19.3 Å². The zero-order valence-electron chi connectivity index (χ0n) is 11.6. The van der Waals surface area contributed by atoms with Crippen LogP contribution in [0.3, 0.4) is 0 Å². The van der Waals surface area contributed by atoms with Crippen LogP contribution in [0.15, 0.2) is 24.3 Å². The SMILES string of the molecule is NCC1CCN(C(=O)CCCOc2ccc(F)cc2)C1. The Morgan fingerprint density at radius 1 is 1.40 bits per heavy atom. The van der Waals surface area contributed by atoms with Gasteiger partial charge < -0.3 is 15.4 Å². The maximum absolute atomic E-state index is 12.7. The highest BCUT2D eigenvalue weighted by Crippen LogP contribution is 2.16. The molecule has 1 aliphatic heterocycles. The average molecular weight is 280 g/mol. The number of benzene rings is 1. The van der Waals surface area contributed by atoms with Crippen LogP contribution in [-0.2, 0) is 4.79 Å². The highest BCUT2D eigenvalue weighted by Gasteiger charge is 2.24. The summed E-state index contributed by atoms with van der Waals surface area (Å²) in [6.45, 7) is 2.72. The molecule has 0 spiro atoms.